The molecule has 0 atom stereocenters. The third-order valence-electron chi connectivity index (χ3n) is 5.70. The molecule has 3 aromatic rings. The molecule has 2 aliphatic rings. The maximum Gasteiger partial charge on any atom is 0.142 e. The van der Waals surface area contributed by atoms with Gasteiger partial charge in [0.25, 0.3) is 0 Å². The van der Waals surface area contributed by atoms with Gasteiger partial charge < -0.3 is 9.47 Å². The molecule has 0 N–H and O–H groups in total. The number of benzene rings is 3. The molecule has 0 aromatic heterocycles. The molecule has 2 heterocycles. The lowest BCUT2D eigenvalue weighted by molar-refractivity contribution is 0.0720. The molecule has 2 aliphatic heterocycles. The van der Waals surface area contributed by atoms with Crippen LogP contribution in [0.4, 0.5) is 0 Å². The van der Waals surface area contributed by atoms with Gasteiger partial charge in [-0.3, -0.25) is 9.80 Å². The molecule has 0 amide bonds. The first kappa shape index (κ1) is 18.2. The zero-order chi connectivity index (χ0) is 19.6. The average Bonchev–Trinajstić information content (AvgIpc) is 2.76. The van der Waals surface area contributed by atoms with E-state index in [1.807, 2.05) is 0 Å². The second kappa shape index (κ2) is 7.90. The lowest BCUT2D eigenvalue weighted by Gasteiger charge is -2.36. The molecule has 0 spiro atoms. The van der Waals surface area contributed by atoms with E-state index in [9.17, 15) is 0 Å². The van der Waals surface area contributed by atoms with Gasteiger partial charge in [0.2, 0.25) is 0 Å². The fourth-order valence-corrected chi connectivity index (χ4v) is 4.28. The Morgan fingerprint density at radius 3 is 1.90 bits per heavy atom. The van der Waals surface area contributed by atoms with Gasteiger partial charge in [-0.15, -0.1) is 0 Å². The van der Waals surface area contributed by atoms with Crippen molar-refractivity contribution in [3.63, 3.8) is 0 Å². The van der Waals surface area contributed by atoms with E-state index in [4.69, 9.17) is 9.47 Å². The molecule has 4 heteroatoms. The van der Waals surface area contributed by atoms with Crippen LogP contribution in [-0.2, 0) is 26.2 Å². The van der Waals surface area contributed by atoms with Crippen LogP contribution < -0.4 is 9.47 Å². The summed E-state index contributed by atoms with van der Waals surface area (Å²) < 4.78 is 12.4. The average molecular weight is 386 g/mol. The van der Waals surface area contributed by atoms with Crippen LogP contribution in [0.15, 0.2) is 66.7 Å². The minimum absolute atomic E-state index is 0.620. The van der Waals surface area contributed by atoms with Gasteiger partial charge in [0.1, 0.15) is 25.0 Å². The van der Waals surface area contributed by atoms with Crippen molar-refractivity contribution >= 4 is 0 Å². The van der Waals surface area contributed by atoms with Crippen molar-refractivity contribution in [1.29, 1.82) is 0 Å². The quantitative estimate of drug-likeness (QED) is 0.649. The second-order valence-corrected chi connectivity index (χ2v) is 7.97. The van der Waals surface area contributed by atoms with E-state index in [-0.39, 0.29) is 0 Å². The topological polar surface area (TPSA) is 24.9 Å². The Kier molecular flexibility index (Phi) is 4.96. The van der Waals surface area contributed by atoms with Gasteiger partial charge in [0, 0.05) is 37.3 Å². The summed E-state index contributed by atoms with van der Waals surface area (Å²) in [5.74, 6) is 2.05. The molecule has 0 saturated heterocycles. The van der Waals surface area contributed by atoms with Crippen LogP contribution in [0.25, 0.3) is 0 Å². The highest BCUT2D eigenvalue weighted by atomic mass is 16.5. The minimum atomic E-state index is 0.620. The summed E-state index contributed by atoms with van der Waals surface area (Å²) in [6, 6.07) is 23.3. The fraction of sp³-hybridized carbons (Fsp3) is 0.280. The van der Waals surface area contributed by atoms with E-state index in [2.05, 4.69) is 83.5 Å². The molecule has 5 rings (SSSR count). The Morgan fingerprint density at radius 2 is 1.28 bits per heavy atom. The van der Waals surface area contributed by atoms with Crippen LogP contribution in [-0.4, -0.2) is 23.3 Å². The molecule has 0 radical (unpaired) electrons. The number of hydrogen-bond donors (Lipinski definition) is 0. The molecule has 0 saturated carbocycles. The SMILES string of the molecule is Cc1cc2c(c3c1OCN(Cc1ccccc1)C3)CN(Cc1ccccc1)CO2. The number of nitrogens with zero attached hydrogens (tertiary/aromatic N) is 2. The third-order valence-corrected chi connectivity index (χ3v) is 5.70. The zero-order valence-electron chi connectivity index (χ0n) is 16.8. The van der Waals surface area contributed by atoms with Crippen molar-refractivity contribution in [3.05, 3.63) is 94.5 Å². The minimum Gasteiger partial charge on any atom is -0.478 e. The molecule has 148 valence electrons. The molecule has 3 aromatic carbocycles. The predicted octanol–water partition coefficient (Wildman–Crippen LogP) is 4.70. The molecular weight excluding hydrogens is 360 g/mol. The maximum atomic E-state index is 6.21. The monoisotopic (exact) mass is 386 g/mol. The van der Waals surface area contributed by atoms with Gasteiger partial charge in [-0.1, -0.05) is 60.7 Å². The zero-order valence-corrected chi connectivity index (χ0v) is 16.8. The Bertz CT molecular complexity index is 989. The van der Waals surface area contributed by atoms with Crippen molar-refractivity contribution in [3.8, 4) is 11.5 Å². The van der Waals surface area contributed by atoms with Crippen molar-refractivity contribution in [2.24, 2.45) is 0 Å². The summed E-state index contributed by atoms with van der Waals surface area (Å²) in [6.45, 7) is 6.90. The maximum absolute atomic E-state index is 6.21. The van der Waals surface area contributed by atoms with Crippen LogP contribution >= 0.6 is 0 Å². The van der Waals surface area contributed by atoms with E-state index >= 15 is 0 Å². The van der Waals surface area contributed by atoms with Crippen molar-refractivity contribution in [2.75, 3.05) is 13.5 Å². The summed E-state index contributed by atoms with van der Waals surface area (Å²) in [5, 5.41) is 0. The fourth-order valence-electron chi connectivity index (χ4n) is 4.28. The first-order valence-electron chi connectivity index (χ1n) is 10.2. The highest BCUT2D eigenvalue weighted by molar-refractivity contribution is 5.54. The Hall–Kier alpha value is -2.82. The van der Waals surface area contributed by atoms with Crippen molar-refractivity contribution in [1.82, 2.24) is 9.80 Å². The van der Waals surface area contributed by atoms with Crippen LogP contribution in [0.3, 0.4) is 0 Å². The van der Waals surface area contributed by atoms with E-state index in [1.165, 1.54) is 22.3 Å². The number of hydrogen-bond acceptors (Lipinski definition) is 4. The Labute approximate surface area is 172 Å². The van der Waals surface area contributed by atoms with Gasteiger partial charge in [0.15, 0.2) is 0 Å². The van der Waals surface area contributed by atoms with E-state index < -0.39 is 0 Å². The molecule has 29 heavy (non-hydrogen) atoms. The number of ether oxygens (including phenoxy) is 2. The molecular formula is C25H26N2O2. The van der Waals surface area contributed by atoms with Gasteiger partial charge >= 0.3 is 0 Å². The van der Waals surface area contributed by atoms with Gasteiger partial charge in [-0.25, -0.2) is 0 Å². The van der Waals surface area contributed by atoms with E-state index in [1.54, 1.807) is 0 Å². The smallest absolute Gasteiger partial charge is 0.142 e. The molecule has 4 nitrogen and oxygen atoms in total. The van der Waals surface area contributed by atoms with Crippen LogP contribution in [0, 0.1) is 6.92 Å². The first-order valence-corrected chi connectivity index (χ1v) is 10.2. The normalized spacial score (nSPS) is 16.4. The standard InChI is InChI=1S/C25H26N2O2/c1-19-12-24-22(15-26(17-28-24)13-20-8-4-2-5-9-20)23-16-27(18-29-25(19)23)14-21-10-6-3-7-11-21/h2-12H,13-18H2,1H3. The number of fused-ring (bicyclic) bond motifs is 3. The Balaban J connectivity index is 1.39. The van der Waals surface area contributed by atoms with Gasteiger partial charge in [-0.05, 0) is 29.7 Å². The lowest BCUT2D eigenvalue weighted by Crippen LogP contribution is -2.36. The lowest BCUT2D eigenvalue weighted by atomic mass is 9.98. The summed E-state index contributed by atoms with van der Waals surface area (Å²) in [7, 11) is 0. The molecule has 0 unspecified atom stereocenters. The summed E-state index contributed by atoms with van der Waals surface area (Å²) >= 11 is 0. The number of rotatable bonds is 4. The largest absolute Gasteiger partial charge is 0.478 e. The summed E-state index contributed by atoms with van der Waals surface area (Å²) in [6.07, 6.45) is 0. The van der Waals surface area contributed by atoms with Gasteiger partial charge in [0.05, 0.1) is 0 Å². The summed E-state index contributed by atoms with van der Waals surface area (Å²) in [4.78, 5) is 4.71. The predicted molar refractivity (Wildman–Crippen MR) is 114 cm³/mol. The molecule has 0 fully saturated rings. The molecule has 0 aliphatic carbocycles. The van der Waals surface area contributed by atoms with Crippen molar-refractivity contribution < 1.29 is 9.47 Å². The highest BCUT2D eigenvalue weighted by Crippen LogP contribution is 2.40. The van der Waals surface area contributed by atoms with Crippen molar-refractivity contribution in [2.45, 2.75) is 33.1 Å². The third kappa shape index (κ3) is 3.86. The summed E-state index contributed by atoms with van der Waals surface area (Å²) in [5.41, 5.74) is 6.32. The highest BCUT2D eigenvalue weighted by Gasteiger charge is 2.28. The van der Waals surface area contributed by atoms with E-state index in [0.29, 0.717) is 13.5 Å². The molecule has 0 bridgehead atoms. The first-order chi connectivity index (χ1) is 14.3. The van der Waals surface area contributed by atoms with Crippen LogP contribution in [0.2, 0.25) is 0 Å². The second-order valence-electron chi connectivity index (χ2n) is 7.97. The van der Waals surface area contributed by atoms with E-state index in [0.717, 1.165) is 43.2 Å². The number of aryl methyl sites for hydroxylation is 1. The van der Waals surface area contributed by atoms with Crippen LogP contribution in [0.5, 0.6) is 11.5 Å². The van der Waals surface area contributed by atoms with Crippen LogP contribution in [0.1, 0.15) is 27.8 Å². The van der Waals surface area contributed by atoms with Gasteiger partial charge in [-0.2, -0.15) is 0 Å². The Morgan fingerprint density at radius 1 is 0.724 bits per heavy atom.